The van der Waals surface area contributed by atoms with Gasteiger partial charge in [-0.3, -0.25) is 14.4 Å². The average molecular weight is 793 g/mol. The predicted octanol–water partition coefficient (Wildman–Crippen LogP) is 15.8. The minimum atomic E-state index is -0.761. The van der Waals surface area contributed by atoms with Crippen molar-refractivity contribution in [1.82, 2.24) is 0 Å². The molecule has 0 aromatic carbocycles. The lowest BCUT2D eigenvalue weighted by Gasteiger charge is -2.18. The van der Waals surface area contributed by atoms with Gasteiger partial charge in [0.1, 0.15) is 13.2 Å². The van der Waals surface area contributed by atoms with Gasteiger partial charge < -0.3 is 14.2 Å². The lowest BCUT2D eigenvalue weighted by molar-refractivity contribution is -0.167. The molecule has 0 aliphatic rings. The van der Waals surface area contributed by atoms with Crippen molar-refractivity contribution in [3.63, 3.8) is 0 Å². The van der Waals surface area contributed by atoms with Crippen LogP contribution in [0.25, 0.3) is 0 Å². The molecule has 332 valence electrons. The minimum Gasteiger partial charge on any atom is -0.462 e. The van der Waals surface area contributed by atoms with Gasteiger partial charge in [0.05, 0.1) is 0 Å². The van der Waals surface area contributed by atoms with Crippen molar-refractivity contribution in [1.29, 1.82) is 0 Å². The van der Waals surface area contributed by atoms with Gasteiger partial charge >= 0.3 is 17.9 Å². The monoisotopic (exact) mass is 793 g/mol. The zero-order chi connectivity index (χ0) is 41.2. The number of esters is 3. The second-order valence-corrected chi connectivity index (χ2v) is 18.1. The molecule has 6 nitrogen and oxygen atoms in total. The van der Waals surface area contributed by atoms with E-state index in [9.17, 15) is 14.4 Å². The molecule has 0 unspecified atom stereocenters. The Kier molecular flexibility index (Phi) is 41.8. The predicted molar refractivity (Wildman–Crippen MR) is 238 cm³/mol. The summed E-state index contributed by atoms with van der Waals surface area (Å²) in [5.41, 5.74) is 0. The lowest BCUT2D eigenvalue weighted by Crippen LogP contribution is -2.30. The van der Waals surface area contributed by atoms with Crippen molar-refractivity contribution in [2.45, 2.75) is 278 Å². The average Bonchev–Trinajstić information content (AvgIpc) is 3.16. The van der Waals surface area contributed by atoms with E-state index in [0.29, 0.717) is 19.3 Å². The smallest absolute Gasteiger partial charge is 0.306 e. The molecule has 0 radical (unpaired) electrons. The topological polar surface area (TPSA) is 78.9 Å². The van der Waals surface area contributed by atoms with Gasteiger partial charge in [0.25, 0.3) is 0 Å². The number of unbranched alkanes of at least 4 members (excludes halogenated alkanes) is 29. The van der Waals surface area contributed by atoms with Crippen LogP contribution in [0.2, 0.25) is 0 Å². The fourth-order valence-electron chi connectivity index (χ4n) is 7.46. The second-order valence-electron chi connectivity index (χ2n) is 18.1. The molecule has 0 amide bonds. The maximum absolute atomic E-state index is 12.7. The molecule has 0 aliphatic carbocycles. The van der Waals surface area contributed by atoms with Crippen LogP contribution in [0.5, 0.6) is 0 Å². The van der Waals surface area contributed by atoms with E-state index in [1.807, 2.05) is 0 Å². The number of hydrogen-bond donors (Lipinski definition) is 0. The Balaban J connectivity index is 4.32. The third-order valence-electron chi connectivity index (χ3n) is 11.2. The third-order valence-corrected chi connectivity index (χ3v) is 11.2. The standard InChI is InChI=1S/C50H96O6/c1-6-7-8-9-10-11-12-13-14-15-20-25-30-35-40-48(51)54-43-47(56-50(53)42-37-32-27-22-17-19-24-29-34-39-46(4)5)44-55-49(52)41-36-31-26-21-16-18-23-28-33-38-45(2)3/h45-47H,6-44H2,1-5H3/t47-/m0/s1. The zero-order valence-corrected chi connectivity index (χ0v) is 38.3. The molecule has 0 aliphatic heterocycles. The first-order valence-electron chi connectivity index (χ1n) is 24.7. The van der Waals surface area contributed by atoms with E-state index in [0.717, 1.165) is 69.6 Å². The van der Waals surface area contributed by atoms with Crippen LogP contribution in [-0.2, 0) is 28.6 Å². The molecule has 0 heterocycles. The molecule has 56 heavy (non-hydrogen) atoms. The molecular weight excluding hydrogens is 697 g/mol. The first-order valence-corrected chi connectivity index (χ1v) is 24.7. The Hall–Kier alpha value is -1.59. The Morgan fingerprint density at radius 3 is 0.875 bits per heavy atom. The van der Waals surface area contributed by atoms with Crippen LogP contribution in [0.3, 0.4) is 0 Å². The molecule has 0 aromatic heterocycles. The van der Waals surface area contributed by atoms with E-state index in [4.69, 9.17) is 14.2 Å². The van der Waals surface area contributed by atoms with Crippen molar-refractivity contribution in [3.8, 4) is 0 Å². The van der Waals surface area contributed by atoms with Crippen molar-refractivity contribution in [2.24, 2.45) is 11.8 Å². The van der Waals surface area contributed by atoms with Gasteiger partial charge in [-0.1, -0.05) is 234 Å². The SMILES string of the molecule is CCCCCCCCCCCCCCCCC(=O)OC[C@@H](COC(=O)CCCCCCCCCCCC(C)C)OC(=O)CCCCCCCCCCCC(C)C. The molecule has 0 saturated heterocycles. The van der Waals surface area contributed by atoms with E-state index in [1.54, 1.807) is 0 Å². The third kappa shape index (κ3) is 43.5. The van der Waals surface area contributed by atoms with E-state index < -0.39 is 6.10 Å². The maximum atomic E-state index is 12.7. The maximum Gasteiger partial charge on any atom is 0.306 e. The highest BCUT2D eigenvalue weighted by atomic mass is 16.6. The Labute approximate surface area is 348 Å². The van der Waals surface area contributed by atoms with Gasteiger partial charge in [-0.2, -0.15) is 0 Å². The van der Waals surface area contributed by atoms with E-state index >= 15 is 0 Å². The van der Waals surface area contributed by atoms with Gasteiger partial charge in [-0.25, -0.2) is 0 Å². The van der Waals surface area contributed by atoms with Crippen LogP contribution in [-0.4, -0.2) is 37.2 Å². The summed E-state index contributed by atoms with van der Waals surface area (Å²) in [4.78, 5) is 37.8. The number of rotatable bonds is 44. The molecule has 0 saturated carbocycles. The van der Waals surface area contributed by atoms with Crippen molar-refractivity contribution < 1.29 is 28.6 Å². The van der Waals surface area contributed by atoms with Crippen LogP contribution in [0.1, 0.15) is 272 Å². The zero-order valence-electron chi connectivity index (χ0n) is 38.3. The summed E-state index contributed by atoms with van der Waals surface area (Å²) in [6.45, 7) is 11.3. The molecule has 0 rings (SSSR count). The summed E-state index contributed by atoms with van der Waals surface area (Å²) in [5, 5.41) is 0. The number of carbonyl (C=O) groups excluding carboxylic acids is 3. The van der Waals surface area contributed by atoms with Gasteiger partial charge in [0, 0.05) is 19.3 Å². The molecule has 0 bridgehead atoms. The van der Waals surface area contributed by atoms with Crippen LogP contribution in [0, 0.1) is 11.8 Å². The summed E-state index contributed by atoms with van der Waals surface area (Å²) in [6.07, 6.45) is 42.3. The largest absolute Gasteiger partial charge is 0.462 e. The van der Waals surface area contributed by atoms with E-state index in [-0.39, 0.29) is 31.1 Å². The second kappa shape index (κ2) is 43.0. The normalized spacial score (nSPS) is 12.1. The first kappa shape index (κ1) is 54.4. The molecule has 1 atom stereocenters. The number of ether oxygens (including phenoxy) is 3. The van der Waals surface area contributed by atoms with Gasteiger partial charge in [0.2, 0.25) is 0 Å². The molecule has 0 N–H and O–H groups in total. The van der Waals surface area contributed by atoms with Crippen molar-refractivity contribution >= 4 is 17.9 Å². The highest BCUT2D eigenvalue weighted by Crippen LogP contribution is 2.17. The summed E-state index contributed by atoms with van der Waals surface area (Å²) in [6, 6.07) is 0. The molecule has 6 heteroatoms. The van der Waals surface area contributed by atoms with Crippen LogP contribution in [0.4, 0.5) is 0 Å². The minimum absolute atomic E-state index is 0.0644. The Bertz CT molecular complexity index is 854. The quantitative estimate of drug-likeness (QED) is 0.0347. The summed E-state index contributed by atoms with van der Waals surface area (Å²) in [5.74, 6) is 0.761. The van der Waals surface area contributed by atoms with Crippen LogP contribution in [0.15, 0.2) is 0 Å². The summed E-state index contributed by atoms with van der Waals surface area (Å²) >= 11 is 0. The van der Waals surface area contributed by atoms with E-state index in [1.165, 1.54) is 161 Å². The summed E-state index contributed by atoms with van der Waals surface area (Å²) < 4.78 is 16.8. The molecule has 0 aromatic rings. The lowest BCUT2D eigenvalue weighted by atomic mass is 10.0. The fourth-order valence-corrected chi connectivity index (χ4v) is 7.46. The Morgan fingerprint density at radius 1 is 0.339 bits per heavy atom. The molecular formula is C50H96O6. The van der Waals surface area contributed by atoms with Crippen LogP contribution < -0.4 is 0 Å². The van der Waals surface area contributed by atoms with Crippen molar-refractivity contribution in [2.75, 3.05) is 13.2 Å². The van der Waals surface area contributed by atoms with Crippen LogP contribution >= 0.6 is 0 Å². The highest BCUT2D eigenvalue weighted by molar-refractivity contribution is 5.71. The van der Waals surface area contributed by atoms with Gasteiger partial charge in [-0.05, 0) is 31.1 Å². The van der Waals surface area contributed by atoms with Gasteiger partial charge in [-0.15, -0.1) is 0 Å². The number of carbonyl (C=O) groups is 3. The van der Waals surface area contributed by atoms with Gasteiger partial charge in [0.15, 0.2) is 6.10 Å². The molecule has 0 fully saturated rings. The molecule has 0 spiro atoms. The first-order chi connectivity index (χ1) is 27.2. The Morgan fingerprint density at radius 2 is 0.589 bits per heavy atom. The van der Waals surface area contributed by atoms with Crippen molar-refractivity contribution in [3.05, 3.63) is 0 Å². The summed E-state index contributed by atoms with van der Waals surface area (Å²) in [7, 11) is 0. The van der Waals surface area contributed by atoms with E-state index in [2.05, 4.69) is 34.6 Å². The number of hydrogen-bond acceptors (Lipinski definition) is 6. The highest BCUT2D eigenvalue weighted by Gasteiger charge is 2.19. The fraction of sp³-hybridized carbons (Fsp3) is 0.940.